The van der Waals surface area contributed by atoms with Gasteiger partial charge in [-0.3, -0.25) is 4.79 Å². The van der Waals surface area contributed by atoms with Gasteiger partial charge in [-0.1, -0.05) is 6.07 Å². The highest BCUT2D eigenvalue weighted by Crippen LogP contribution is 2.26. The summed E-state index contributed by atoms with van der Waals surface area (Å²) in [4.78, 5) is 11.8. The summed E-state index contributed by atoms with van der Waals surface area (Å²) < 4.78 is 26.8. The molecule has 0 aliphatic carbocycles. The highest BCUT2D eigenvalue weighted by molar-refractivity contribution is 5.96. The molecule has 1 amide bonds. The number of nitrogens with two attached hydrogens (primary N) is 1. The number of nitrogens with one attached hydrogen (secondary N) is 2. The van der Waals surface area contributed by atoms with E-state index in [0.29, 0.717) is 23.5 Å². The molecule has 6 heteroatoms. The number of hydrogen-bond donors (Lipinski definition) is 3. The Hall–Kier alpha value is -2.63. The van der Waals surface area contributed by atoms with Gasteiger partial charge in [0.1, 0.15) is 0 Å². The lowest BCUT2D eigenvalue weighted by Gasteiger charge is -2.12. The standard InChI is InChI=1S/C15H15F2N3O/c1-2-19-15(21)9-6-7-11(18)13(8-9)20-12-5-3-4-10(16)14(12)17/h3-8,20H,2,18H2,1H3,(H,19,21). The lowest BCUT2D eigenvalue weighted by atomic mass is 10.1. The van der Waals surface area contributed by atoms with Crippen LogP contribution in [-0.4, -0.2) is 12.5 Å². The SMILES string of the molecule is CCNC(=O)c1ccc(N)c(Nc2cccc(F)c2F)c1. The van der Waals surface area contributed by atoms with E-state index in [4.69, 9.17) is 5.73 Å². The summed E-state index contributed by atoms with van der Waals surface area (Å²) in [7, 11) is 0. The van der Waals surface area contributed by atoms with Gasteiger partial charge in [-0.2, -0.15) is 0 Å². The van der Waals surface area contributed by atoms with Gasteiger partial charge in [-0.15, -0.1) is 0 Å². The Morgan fingerprint density at radius 3 is 2.67 bits per heavy atom. The number of benzene rings is 2. The van der Waals surface area contributed by atoms with Crippen molar-refractivity contribution in [1.82, 2.24) is 5.32 Å². The molecule has 0 spiro atoms. The van der Waals surface area contributed by atoms with Gasteiger partial charge in [-0.25, -0.2) is 8.78 Å². The van der Waals surface area contributed by atoms with Crippen LogP contribution in [0.15, 0.2) is 36.4 Å². The second-order valence-corrected chi connectivity index (χ2v) is 4.39. The van der Waals surface area contributed by atoms with Crippen molar-refractivity contribution in [2.24, 2.45) is 0 Å². The van der Waals surface area contributed by atoms with Crippen LogP contribution in [0.4, 0.5) is 25.8 Å². The second-order valence-electron chi connectivity index (χ2n) is 4.39. The van der Waals surface area contributed by atoms with Crippen molar-refractivity contribution in [3.8, 4) is 0 Å². The molecule has 0 unspecified atom stereocenters. The number of nitrogen functional groups attached to an aromatic ring is 1. The van der Waals surface area contributed by atoms with Gasteiger partial charge in [-0.05, 0) is 37.3 Å². The fourth-order valence-electron chi connectivity index (χ4n) is 1.81. The summed E-state index contributed by atoms with van der Waals surface area (Å²) in [6, 6.07) is 8.37. The number of carbonyl (C=O) groups is 1. The molecule has 0 aliphatic rings. The van der Waals surface area contributed by atoms with Gasteiger partial charge >= 0.3 is 0 Å². The molecule has 0 radical (unpaired) electrons. The molecule has 110 valence electrons. The molecule has 2 rings (SSSR count). The van der Waals surface area contributed by atoms with E-state index in [1.807, 2.05) is 0 Å². The van der Waals surface area contributed by atoms with Crippen LogP contribution in [0.3, 0.4) is 0 Å². The zero-order valence-electron chi connectivity index (χ0n) is 11.4. The molecule has 4 N–H and O–H groups in total. The Morgan fingerprint density at radius 1 is 1.19 bits per heavy atom. The average molecular weight is 291 g/mol. The lowest BCUT2D eigenvalue weighted by molar-refractivity contribution is 0.0956. The Labute approximate surface area is 121 Å². The van der Waals surface area contributed by atoms with Crippen LogP contribution in [0.5, 0.6) is 0 Å². The molecule has 0 saturated heterocycles. The van der Waals surface area contributed by atoms with Crippen molar-refractivity contribution >= 4 is 23.0 Å². The second kappa shape index (κ2) is 6.21. The quantitative estimate of drug-likeness (QED) is 0.758. The first-order chi connectivity index (χ1) is 10.0. The summed E-state index contributed by atoms with van der Waals surface area (Å²) in [6.07, 6.45) is 0. The first-order valence-corrected chi connectivity index (χ1v) is 6.41. The van der Waals surface area contributed by atoms with Gasteiger partial charge < -0.3 is 16.4 Å². The van der Waals surface area contributed by atoms with E-state index in [1.54, 1.807) is 13.0 Å². The first-order valence-electron chi connectivity index (χ1n) is 6.41. The summed E-state index contributed by atoms with van der Waals surface area (Å²) in [5.74, 6) is -2.22. The van der Waals surface area contributed by atoms with Crippen molar-refractivity contribution in [1.29, 1.82) is 0 Å². The van der Waals surface area contributed by atoms with Crippen LogP contribution in [-0.2, 0) is 0 Å². The molecule has 21 heavy (non-hydrogen) atoms. The summed E-state index contributed by atoms with van der Waals surface area (Å²) >= 11 is 0. The fourth-order valence-corrected chi connectivity index (χ4v) is 1.81. The Kier molecular flexibility index (Phi) is 4.37. The maximum absolute atomic E-state index is 13.6. The van der Waals surface area contributed by atoms with E-state index in [2.05, 4.69) is 10.6 Å². The van der Waals surface area contributed by atoms with Gasteiger partial charge in [0.15, 0.2) is 11.6 Å². The van der Waals surface area contributed by atoms with E-state index < -0.39 is 11.6 Å². The number of amides is 1. The van der Waals surface area contributed by atoms with Crippen molar-refractivity contribution in [3.05, 3.63) is 53.6 Å². The molecule has 0 atom stereocenters. The van der Waals surface area contributed by atoms with Crippen molar-refractivity contribution < 1.29 is 13.6 Å². The molecular weight excluding hydrogens is 276 g/mol. The van der Waals surface area contributed by atoms with Crippen LogP contribution < -0.4 is 16.4 Å². The Bertz CT molecular complexity index is 674. The van der Waals surface area contributed by atoms with E-state index in [9.17, 15) is 13.6 Å². The zero-order chi connectivity index (χ0) is 15.4. The van der Waals surface area contributed by atoms with Crippen LogP contribution in [0.1, 0.15) is 17.3 Å². The summed E-state index contributed by atoms with van der Waals surface area (Å²) in [5, 5.41) is 5.35. The first kappa shape index (κ1) is 14.8. The summed E-state index contributed by atoms with van der Waals surface area (Å²) in [5.41, 5.74) is 6.78. The van der Waals surface area contributed by atoms with Gasteiger partial charge in [0.25, 0.3) is 5.91 Å². The smallest absolute Gasteiger partial charge is 0.251 e. The highest BCUT2D eigenvalue weighted by atomic mass is 19.2. The highest BCUT2D eigenvalue weighted by Gasteiger charge is 2.11. The topological polar surface area (TPSA) is 67.2 Å². The molecule has 0 saturated carbocycles. The van der Waals surface area contributed by atoms with Crippen LogP contribution in [0.2, 0.25) is 0 Å². The van der Waals surface area contributed by atoms with E-state index in [0.717, 1.165) is 6.07 Å². The van der Waals surface area contributed by atoms with Crippen molar-refractivity contribution in [2.45, 2.75) is 6.92 Å². The molecule has 4 nitrogen and oxygen atoms in total. The van der Waals surface area contributed by atoms with Gasteiger partial charge in [0.05, 0.1) is 17.1 Å². The third-order valence-corrected chi connectivity index (χ3v) is 2.87. The minimum absolute atomic E-state index is 0.0465. The maximum Gasteiger partial charge on any atom is 0.251 e. The van der Waals surface area contributed by atoms with Crippen molar-refractivity contribution in [2.75, 3.05) is 17.6 Å². The number of anilines is 3. The van der Waals surface area contributed by atoms with Crippen LogP contribution in [0, 0.1) is 11.6 Å². The predicted molar refractivity (Wildman–Crippen MR) is 78.5 cm³/mol. The number of carbonyl (C=O) groups excluding carboxylic acids is 1. The van der Waals surface area contributed by atoms with Gasteiger partial charge in [0, 0.05) is 12.1 Å². The average Bonchev–Trinajstić information content (AvgIpc) is 2.46. The van der Waals surface area contributed by atoms with Gasteiger partial charge in [0.2, 0.25) is 0 Å². The number of rotatable bonds is 4. The molecule has 0 fully saturated rings. The Morgan fingerprint density at radius 2 is 1.95 bits per heavy atom. The largest absolute Gasteiger partial charge is 0.397 e. The van der Waals surface area contributed by atoms with E-state index in [-0.39, 0.29) is 11.6 Å². The zero-order valence-corrected chi connectivity index (χ0v) is 11.4. The molecule has 2 aromatic rings. The van der Waals surface area contributed by atoms with Crippen LogP contribution in [0.25, 0.3) is 0 Å². The summed E-state index contributed by atoms with van der Waals surface area (Å²) in [6.45, 7) is 2.29. The predicted octanol–water partition coefficient (Wildman–Crippen LogP) is 3.04. The molecule has 0 heterocycles. The Balaban J connectivity index is 2.33. The maximum atomic E-state index is 13.6. The monoisotopic (exact) mass is 291 g/mol. The molecule has 0 bridgehead atoms. The minimum Gasteiger partial charge on any atom is -0.397 e. The molecule has 2 aromatic carbocycles. The van der Waals surface area contributed by atoms with Crippen molar-refractivity contribution in [3.63, 3.8) is 0 Å². The third kappa shape index (κ3) is 3.28. The fraction of sp³-hybridized carbons (Fsp3) is 0.133. The molecule has 0 aliphatic heterocycles. The number of halogens is 2. The minimum atomic E-state index is -1.000. The normalized spacial score (nSPS) is 10.2. The molecular formula is C15H15F2N3O. The third-order valence-electron chi connectivity index (χ3n) is 2.87. The molecule has 0 aromatic heterocycles. The number of hydrogen-bond acceptors (Lipinski definition) is 3. The lowest BCUT2D eigenvalue weighted by Crippen LogP contribution is -2.22. The van der Waals surface area contributed by atoms with E-state index >= 15 is 0 Å². The van der Waals surface area contributed by atoms with E-state index in [1.165, 1.54) is 24.3 Å². The van der Waals surface area contributed by atoms with Crippen LogP contribution >= 0.6 is 0 Å².